The summed E-state index contributed by atoms with van der Waals surface area (Å²) in [5.41, 5.74) is 7.36. The van der Waals surface area contributed by atoms with Crippen molar-refractivity contribution < 1.29 is 4.39 Å². The lowest BCUT2D eigenvalue weighted by atomic mass is 10.1. The van der Waals surface area contributed by atoms with Gasteiger partial charge in [0.25, 0.3) is 0 Å². The summed E-state index contributed by atoms with van der Waals surface area (Å²) in [5.74, 6) is 0.362. The van der Waals surface area contributed by atoms with Gasteiger partial charge >= 0.3 is 0 Å². The van der Waals surface area contributed by atoms with E-state index in [1.807, 2.05) is 14.1 Å². The van der Waals surface area contributed by atoms with Gasteiger partial charge in [-0.25, -0.2) is 4.39 Å². The summed E-state index contributed by atoms with van der Waals surface area (Å²) in [7, 11) is 3.70. The molecule has 80 valence electrons. The maximum absolute atomic E-state index is 12.7. The maximum atomic E-state index is 12.7. The predicted molar refractivity (Wildman–Crippen MR) is 61.4 cm³/mol. The summed E-state index contributed by atoms with van der Waals surface area (Å²) in [6, 6.07) is 6.16. The summed E-state index contributed by atoms with van der Waals surface area (Å²) >= 11 is 0. The van der Waals surface area contributed by atoms with Gasteiger partial charge in [0.2, 0.25) is 0 Å². The van der Waals surface area contributed by atoms with Gasteiger partial charge in [-0.05, 0) is 29.3 Å². The monoisotopic (exact) mass is 206 g/mol. The van der Waals surface area contributed by atoms with E-state index in [1.165, 1.54) is 12.1 Å². The van der Waals surface area contributed by atoms with Gasteiger partial charge in [-0.15, -0.1) is 0 Å². The highest BCUT2D eigenvalue weighted by Crippen LogP contribution is 2.15. The largest absolute Gasteiger partial charge is 0.385 e. The Balaban J connectivity index is 2.86. The van der Waals surface area contributed by atoms with Crippen LogP contribution in [-0.2, 0) is 0 Å². The van der Waals surface area contributed by atoms with Gasteiger partial charge in [-0.1, -0.05) is 18.7 Å². The smallest absolute Gasteiger partial charge is 0.123 e. The van der Waals surface area contributed by atoms with E-state index in [0.29, 0.717) is 5.82 Å². The van der Waals surface area contributed by atoms with E-state index in [2.05, 4.69) is 6.58 Å². The van der Waals surface area contributed by atoms with Crippen molar-refractivity contribution >= 4 is 5.57 Å². The average molecular weight is 206 g/mol. The lowest BCUT2D eigenvalue weighted by Crippen LogP contribution is -2.18. The molecule has 0 amide bonds. The SMILES string of the molecule is C=C(/C=C(/N)N(C)C)c1ccc(F)cc1. The third kappa shape index (κ3) is 3.13. The Bertz CT molecular complexity index is 377. The van der Waals surface area contributed by atoms with E-state index in [9.17, 15) is 4.39 Å². The second kappa shape index (κ2) is 4.64. The Morgan fingerprint density at radius 2 is 1.87 bits per heavy atom. The fourth-order valence-corrected chi connectivity index (χ4v) is 1.05. The number of nitrogens with two attached hydrogens (primary N) is 1. The second-order valence-electron chi connectivity index (χ2n) is 3.50. The van der Waals surface area contributed by atoms with Crippen molar-refractivity contribution in [2.45, 2.75) is 0 Å². The second-order valence-corrected chi connectivity index (χ2v) is 3.50. The molecule has 0 aliphatic heterocycles. The zero-order valence-corrected chi connectivity index (χ0v) is 9.00. The van der Waals surface area contributed by atoms with Crippen LogP contribution in [0.5, 0.6) is 0 Å². The number of halogens is 1. The number of nitrogens with zero attached hydrogens (tertiary/aromatic N) is 1. The third-order valence-electron chi connectivity index (χ3n) is 2.05. The van der Waals surface area contributed by atoms with E-state index in [4.69, 9.17) is 5.73 Å². The highest BCUT2D eigenvalue weighted by Gasteiger charge is 1.98. The van der Waals surface area contributed by atoms with Gasteiger partial charge in [0.15, 0.2) is 0 Å². The van der Waals surface area contributed by atoms with Crippen LogP contribution in [0.1, 0.15) is 5.56 Å². The minimum Gasteiger partial charge on any atom is -0.385 e. The first-order chi connectivity index (χ1) is 7.00. The molecule has 0 atom stereocenters. The van der Waals surface area contributed by atoms with Crippen molar-refractivity contribution in [1.82, 2.24) is 4.90 Å². The molecule has 2 nitrogen and oxygen atoms in total. The van der Waals surface area contributed by atoms with Crippen LogP contribution >= 0.6 is 0 Å². The molecule has 0 radical (unpaired) electrons. The van der Waals surface area contributed by atoms with E-state index in [-0.39, 0.29) is 5.82 Å². The molecule has 0 aliphatic carbocycles. The van der Waals surface area contributed by atoms with Crippen LogP contribution in [0.2, 0.25) is 0 Å². The fourth-order valence-electron chi connectivity index (χ4n) is 1.05. The minimum absolute atomic E-state index is 0.254. The first-order valence-corrected chi connectivity index (χ1v) is 4.60. The highest BCUT2D eigenvalue weighted by molar-refractivity contribution is 5.72. The summed E-state index contributed by atoms with van der Waals surface area (Å²) in [4.78, 5) is 1.79. The van der Waals surface area contributed by atoms with E-state index < -0.39 is 0 Å². The summed E-state index contributed by atoms with van der Waals surface area (Å²) in [6.07, 6.45) is 1.76. The topological polar surface area (TPSA) is 29.3 Å². The molecule has 0 unspecified atom stereocenters. The van der Waals surface area contributed by atoms with Gasteiger partial charge in [-0.3, -0.25) is 0 Å². The summed E-state index contributed by atoms with van der Waals surface area (Å²) < 4.78 is 12.7. The molecule has 0 bridgehead atoms. The molecule has 3 heteroatoms. The molecule has 2 N–H and O–H groups in total. The van der Waals surface area contributed by atoms with Crippen molar-refractivity contribution in [1.29, 1.82) is 0 Å². The van der Waals surface area contributed by atoms with Crippen LogP contribution < -0.4 is 5.73 Å². The zero-order valence-electron chi connectivity index (χ0n) is 9.00. The van der Waals surface area contributed by atoms with Crippen LogP contribution in [0.15, 0.2) is 42.7 Å². The molecule has 1 aromatic rings. The maximum Gasteiger partial charge on any atom is 0.123 e. The Morgan fingerprint density at radius 3 is 2.33 bits per heavy atom. The Hall–Kier alpha value is -1.77. The molecule has 0 aliphatic rings. The molecule has 0 heterocycles. The Morgan fingerprint density at radius 1 is 1.33 bits per heavy atom. The van der Waals surface area contributed by atoms with E-state index in [1.54, 1.807) is 23.1 Å². The van der Waals surface area contributed by atoms with Crippen molar-refractivity contribution in [3.8, 4) is 0 Å². The first kappa shape index (κ1) is 11.3. The Labute approximate surface area is 89.5 Å². The number of benzene rings is 1. The normalized spacial score (nSPS) is 11.3. The zero-order chi connectivity index (χ0) is 11.4. The van der Waals surface area contributed by atoms with E-state index >= 15 is 0 Å². The van der Waals surface area contributed by atoms with Crippen LogP contribution in [0.3, 0.4) is 0 Å². The molecule has 0 saturated carbocycles. The molecule has 0 aromatic heterocycles. The molecule has 0 spiro atoms. The van der Waals surface area contributed by atoms with Crippen molar-refractivity contribution in [2.24, 2.45) is 5.73 Å². The number of hydrogen-bond donors (Lipinski definition) is 1. The number of hydrogen-bond acceptors (Lipinski definition) is 2. The van der Waals surface area contributed by atoms with Crippen molar-refractivity contribution in [3.05, 3.63) is 54.1 Å². The van der Waals surface area contributed by atoms with Crippen LogP contribution in [0.4, 0.5) is 4.39 Å². The van der Waals surface area contributed by atoms with Gasteiger partial charge in [0.1, 0.15) is 5.82 Å². The molecule has 1 aromatic carbocycles. The lowest BCUT2D eigenvalue weighted by molar-refractivity contribution is 0.506. The molecule has 0 saturated heterocycles. The van der Waals surface area contributed by atoms with Gasteiger partial charge in [0.05, 0.1) is 5.82 Å². The van der Waals surface area contributed by atoms with Crippen LogP contribution in [0, 0.1) is 5.82 Å². The summed E-state index contributed by atoms with van der Waals surface area (Å²) in [5, 5.41) is 0. The average Bonchev–Trinajstić information content (AvgIpc) is 2.18. The van der Waals surface area contributed by atoms with Gasteiger partial charge in [0, 0.05) is 14.1 Å². The predicted octanol–water partition coefficient (Wildman–Crippen LogP) is 2.20. The van der Waals surface area contributed by atoms with Gasteiger partial charge in [-0.2, -0.15) is 0 Å². The quantitative estimate of drug-likeness (QED) is 0.768. The molecule has 15 heavy (non-hydrogen) atoms. The number of allylic oxidation sites excluding steroid dienone is 2. The van der Waals surface area contributed by atoms with Crippen LogP contribution in [-0.4, -0.2) is 19.0 Å². The Kier molecular flexibility index (Phi) is 3.50. The highest BCUT2D eigenvalue weighted by atomic mass is 19.1. The van der Waals surface area contributed by atoms with E-state index in [0.717, 1.165) is 11.1 Å². The van der Waals surface area contributed by atoms with Crippen LogP contribution in [0.25, 0.3) is 5.57 Å². The molecular formula is C12H15FN2. The fraction of sp³-hybridized carbons (Fsp3) is 0.167. The van der Waals surface area contributed by atoms with Crippen molar-refractivity contribution in [3.63, 3.8) is 0 Å². The van der Waals surface area contributed by atoms with Gasteiger partial charge < -0.3 is 10.6 Å². The summed E-state index contributed by atoms with van der Waals surface area (Å²) in [6.45, 7) is 3.87. The lowest BCUT2D eigenvalue weighted by Gasteiger charge is -2.12. The molecule has 0 fully saturated rings. The minimum atomic E-state index is -0.254. The molecular weight excluding hydrogens is 191 g/mol. The first-order valence-electron chi connectivity index (χ1n) is 4.60. The standard InChI is InChI=1S/C12H15FN2/c1-9(8-12(14)15(2)3)10-4-6-11(13)7-5-10/h4-8H,1,14H2,2-3H3/b12-8-. The van der Waals surface area contributed by atoms with Crippen molar-refractivity contribution in [2.75, 3.05) is 14.1 Å². The number of rotatable bonds is 3. The third-order valence-corrected chi connectivity index (χ3v) is 2.05. The molecule has 1 rings (SSSR count).